The Morgan fingerprint density at radius 1 is 1.10 bits per heavy atom. The maximum Gasteiger partial charge on any atom is 0.321 e. The van der Waals surface area contributed by atoms with Gasteiger partial charge in [-0.05, 0) is 12.1 Å². The van der Waals surface area contributed by atoms with Gasteiger partial charge in [0.15, 0.2) is 5.13 Å². The van der Waals surface area contributed by atoms with Crippen LogP contribution in [0.25, 0.3) is 10.3 Å². The van der Waals surface area contributed by atoms with Crippen LogP contribution in [0.5, 0.6) is 0 Å². The van der Waals surface area contributed by atoms with Gasteiger partial charge in [-0.3, -0.25) is 19.8 Å². The van der Waals surface area contributed by atoms with Gasteiger partial charge in [0.2, 0.25) is 0 Å². The number of aromatic nitrogens is 4. The summed E-state index contributed by atoms with van der Waals surface area (Å²) >= 11 is 2.58. The van der Waals surface area contributed by atoms with Crippen LogP contribution in [0.1, 0.15) is 31.4 Å². The van der Waals surface area contributed by atoms with Gasteiger partial charge in [0.25, 0.3) is 11.8 Å². The van der Waals surface area contributed by atoms with E-state index in [1.54, 1.807) is 35.8 Å². The molecule has 1 aliphatic rings. The molecule has 0 saturated heterocycles. The third-order valence-corrected chi connectivity index (χ3v) is 6.28. The van der Waals surface area contributed by atoms with Crippen LogP contribution in [-0.2, 0) is 13.1 Å². The average Bonchev–Trinajstić information content (AvgIpc) is 3.46. The topological polar surface area (TPSA) is 130 Å². The largest absolute Gasteiger partial charge is 0.331 e. The maximum atomic E-state index is 12.5. The first kappa shape index (κ1) is 19.2. The second-order valence-electron chi connectivity index (χ2n) is 6.51. The predicted molar refractivity (Wildman–Crippen MR) is 114 cm³/mol. The molecule has 1 aromatic carbocycles. The van der Waals surface area contributed by atoms with Crippen LogP contribution < -0.4 is 10.6 Å². The molecule has 2 N–H and O–H groups in total. The fraction of sp³-hybridized carbons (Fsp3) is 0.105. The summed E-state index contributed by atoms with van der Waals surface area (Å²) in [6.07, 6.45) is 3.00. The van der Waals surface area contributed by atoms with E-state index in [-0.39, 0.29) is 24.9 Å². The van der Waals surface area contributed by atoms with Crippen molar-refractivity contribution in [2.45, 2.75) is 13.1 Å². The van der Waals surface area contributed by atoms with Crippen molar-refractivity contribution >= 4 is 56.0 Å². The zero-order valence-corrected chi connectivity index (χ0v) is 17.4. The van der Waals surface area contributed by atoms with Crippen LogP contribution in [0.15, 0.2) is 42.2 Å². The Labute approximate surface area is 183 Å². The standard InChI is InChI=1S/C19H13N7O3S2/c27-16-11-3-1-2-4-12(11)17(28)26(16)7-10-8-30-14(23-10)6-21-18(29)25-19-24-13-5-20-9-22-15(13)31-19/h1-5,8-9H,6-7H2,(H2,21,24,25,29). The van der Waals surface area contributed by atoms with Gasteiger partial charge in [-0.15, -0.1) is 11.3 Å². The van der Waals surface area contributed by atoms with Crippen molar-refractivity contribution < 1.29 is 14.4 Å². The number of hydrogen-bond acceptors (Lipinski definition) is 9. The van der Waals surface area contributed by atoms with Gasteiger partial charge >= 0.3 is 6.03 Å². The van der Waals surface area contributed by atoms with E-state index in [9.17, 15) is 14.4 Å². The first-order valence-electron chi connectivity index (χ1n) is 9.08. The molecule has 0 radical (unpaired) electrons. The summed E-state index contributed by atoms with van der Waals surface area (Å²) in [7, 11) is 0. The lowest BCUT2D eigenvalue weighted by atomic mass is 10.1. The van der Waals surface area contributed by atoms with E-state index < -0.39 is 6.03 Å². The number of thiazole rings is 2. The first-order chi connectivity index (χ1) is 15.1. The number of fused-ring (bicyclic) bond motifs is 2. The average molecular weight is 451 g/mol. The molecule has 12 heteroatoms. The van der Waals surface area contributed by atoms with E-state index in [1.807, 2.05) is 0 Å². The summed E-state index contributed by atoms with van der Waals surface area (Å²) in [6.45, 7) is 0.283. The van der Waals surface area contributed by atoms with Gasteiger partial charge in [-0.25, -0.2) is 24.7 Å². The molecule has 31 heavy (non-hydrogen) atoms. The first-order valence-corrected chi connectivity index (χ1v) is 10.8. The highest BCUT2D eigenvalue weighted by molar-refractivity contribution is 7.21. The number of carbonyl (C=O) groups excluding carboxylic acids is 3. The highest BCUT2D eigenvalue weighted by atomic mass is 32.1. The second-order valence-corrected chi connectivity index (χ2v) is 8.43. The van der Waals surface area contributed by atoms with Crippen LogP contribution in [0, 0.1) is 0 Å². The number of anilines is 1. The normalized spacial score (nSPS) is 13.0. The molecule has 3 aromatic heterocycles. The Morgan fingerprint density at radius 2 is 1.87 bits per heavy atom. The van der Waals surface area contributed by atoms with E-state index in [0.717, 1.165) is 0 Å². The highest BCUT2D eigenvalue weighted by Crippen LogP contribution is 2.25. The molecule has 5 rings (SSSR count). The zero-order chi connectivity index (χ0) is 21.4. The Bertz CT molecular complexity index is 1260. The molecule has 0 atom stereocenters. The fourth-order valence-electron chi connectivity index (χ4n) is 3.09. The van der Waals surface area contributed by atoms with E-state index in [4.69, 9.17) is 0 Å². The van der Waals surface area contributed by atoms with E-state index >= 15 is 0 Å². The van der Waals surface area contributed by atoms with Crippen LogP contribution in [-0.4, -0.2) is 42.7 Å². The highest BCUT2D eigenvalue weighted by Gasteiger charge is 2.35. The molecule has 0 unspecified atom stereocenters. The van der Waals surface area contributed by atoms with E-state index in [1.165, 1.54) is 33.9 Å². The number of carbonyl (C=O) groups is 3. The van der Waals surface area contributed by atoms with Crippen molar-refractivity contribution in [3.63, 3.8) is 0 Å². The number of imide groups is 1. The molecular weight excluding hydrogens is 438 g/mol. The Morgan fingerprint density at radius 3 is 2.61 bits per heavy atom. The number of amides is 4. The van der Waals surface area contributed by atoms with Crippen LogP contribution in [0.2, 0.25) is 0 Å². The smallest absolute Gasteiger partial charge is 0.321 e. The van der Waals surface area contributed by atoms with Crippen LogP contribution in [0.4, 0.5) is 9.93 Å². The van der Waals surface area contributed by atoms with E-state index in [2.05, 4.69) is 30.6 Å². The van der Waals surface area contributed by atoms with Gasteiger partial charge in [0.05, 0.1) is 36.1 Å². The molecule has 4 heterocycles. The van der Waals surface area contributed by atoms with Crippen molar-refractivity contribution in [3.05, 3.63) is 64.0 Å². The minimum atomic E-state index is -0.427. The Kier molecular flexibility index (Phi) is 4.84. The molecule has 1 aliphatic heterocycles. The molecule has 0 fully saturated rings. The van der Waals surface area contributed by atoms with Gasteiger partial charge in [0.1, 0.15) is 21.7 Å². The molecule has 10 nitrogen and oxygen atoms in total. The van der Waals surface area contributed by atoms with Crippen molar-refractivity contribution in [2.24, 2.45) is 0 Å². The lowest BCUT2D eigenvalue weighted by Crippen LogP contribution is -2.29. The lowest BCUT2D eigenvalue weighted by molar-refractivity contribution is 0.0640. The number of urea groups is 1. The van der Waals surface area contributed by atoms with Crippen LogP contribution in [0.3, 0.4) is 0 Å². The molecule has 0 aliphatic carbocycles. The number of hydrogen-bond donors (Lipinski definition) is 2. The van der Waals surface area contributed by atoms with Gasteiger partial charge in [-0.1, -0.05) is 23.5 Å². The summed E-state index contributed by atoms with van der Waals surface area (Å²) < 4.78 is 0. The second kappa shape index (κ2) is 7.81. The van der Waals surface area contributed by atoms with E-state index in [0.29, 0.717) is 37.3 Å². The summed E-state index contributed by atoms with van der Waals surface area (Å²) in [5.74, 6) is -0.652. The fourth-order valence-corrected chi connectivity index (χ4v) is 4.59. The van der Waals surface area contributed by atoms with Crippen molar-refractivity contribution in [2.75, 3.05) is 5.32 Å². The number of rotatable bonds is 5. The summed E-state index contributed by atoms with van der Waals surface area (Å²) in [6, 6.07) is 6.31. The Balaban J connectivity index is 1.18. The van der Waals surface area contributed by atoms with Crippen molar-refractivity contribution in [3.8, 4) is 0 Å². The molecule has 0 saturated carbocycles. The quantitative estimate of drug-likeness (QED) is 0.446. The van der Waals surface area contributed by atoms with Gasteiger partial charge in [0, 0.05) is 5.38 Å². The zero-order valence-electron chi connectivity index (χ0n) is 15.7. The molecular formula is C19H13N7O3S2. The SMILES string of the molecule is O=C(NCc1nc(CN2C(=O)c3ccccc3C2=O)cs1)Nc1nc2cncnc2s1. The number of benzene rings is 1. The lowest BCUT2D eigenvalue weighted by Gasteiger charge is -2.11. The molecule has 154 valence electrons. The van der Waals surface area contributed by atoms with Crippen molar-refractivity contribution in [1.82, 2.24) is 30.2 Å². The monoisotopic (exact) mass is 451 g/mol. The number of nitrogens with zero attached hydrogens (tertiary/aromatic N) is 5. The minimum Gasteiger partial charge on any atom is -0.331 e. The molecule has 0 bridgehead atoms. The van der Waals surface area contributed by atoms with Gasteiger partial charge in [-0.2, -0.15) is 0 Å². The molecule has 0 spiro atoms. The maximum absolute atomic E-state index is 12.5. The summed E-state index contributed by atoms with van der Waals surface area (Å²) in [5, 5.41) is 8.20. The van der Waals surface area contributed by atoms with Gasteiger partial charge < -0.3 is 5.32 Å². The Hall–Kier alpha value is -3.77. The third-order valence-electron chi connectivity index (χ3n) is 4.49. The number of nitrogens with one attached hydrogen (secondary N) is 2. The summed E-state index contributed by atoms with van der Waals surface area (Å²) in [5.41, 5.74) is 2.01. The summed E-state index contributed by atoms with van der Waals surface area (Å²) in [4.78, 5) is 55.6. The predicted octanol–water partition coefficient (Wildman–Crippen LogP) is 2.66. The van der Waals surface area contributed by atoms with Crippen molar-refractivity contribution in [1.29, 1.82) is 0 Å². The molecule has 4 aromatic rings. The van der Waals surface area contributed by atoms with Crippen LogP contribution >= 0.6 is 22.7 Å². The third kappa shape index (κ3) is 3.73. The minimum absolute atomic E-state index is 0.0851. The molecule has 4 amide bonds.